The van der Waals surface area contributed by atoms with E-state index in [-0.39, 0.29) is 0 Å². The number of fused-ring (bicyclic) bond motifs is 2. The molecule has 0 bridgehead atoms. The van der Waals surface area contributed by atoms with Gasteiger partial charge in [0.15, 0.2) is 0 Å². The third-order valence-corrected chi connectivity index (χ3v) is 9.80. The van der Waals surface area contributed by atoms with E-state index in [1.54, 1.807) is 5.56 Å². The predicted molar refractivity (Wildman–Crippen MR) is 166 cm³/mol. The van der Waals surface area contributed by atoms with E-state index in [4.69, 9.17) is 4.74 Å². The Morgan fingerprint density at radius 3 is 1.72 bits per heavy atom. The molecule has 2 aliphatic rings. The zero-order chi connectivity index (χ0) is 26.3. The lowest BCUT2D eigenvalue weighted by Crippen LogP contribution is -2.12. The molecule has 4 unspecified atom stereocenters. The molecule has 0 spiro atoms. The summed E-state index contributed by atoms with van der Waals surface area (Å²) in [4.78, 5) is 0. The van der Waals surface area contributed by atoms with Crippen LogP contribution in [0.3, 0.4) is 0 Å². The first kappa shape index (κ1) is 26.6. The van der Waals surface area contributed by atoms with E-state index < -0.39 is 0 Å². The summed E-state index contributed by atoms with van der Waals surface area (Å²) in [5.41, 5.74) is 3.02. The van der Waals surface area contributed by atoms with Gasteiger partial charge in [0.05, 0.1) is 12.2 Å². The molecular formula is C38H46O. The number of aryl methyl sites for hydroxylation is 2. The van der Waals surface area contributed by atoms with E-state index in [0.29, 0.717) is 12.2 Å². The van der Waals surface area contributed by atoms with E-state index in [1.165, 1.54) is 104 Å². The van der Waals surface area contributed by atoms with Crippen molar-refractivity contribution in [2.45, 2.75) is 102 Å². The second-order valence-electron chi connectivity index (χ2n) is 12.5. The fraction of sp³-hybridized carbons (Fsp3) is 0.474. The van der Waals surface area contributed by atoms with Gasteiger partial charge in [-0.05, 0) is 95.9 Å². The summed E-state index contributed by atoms with van der Waals surface area (Å²) < 4.78 is 6.48. The number of hydrogen-bond acceptors (Lipinski definition) is 1. The first-order valence-electron chi connectivity index (χ1n) is 15.9. The van der Waals surface area contributed by atoms with Crippen LogP contribution in [0.5, 0.6) is 0 Å². The third-order valence-electron chi connectivity index (χ3n) is 9.80. The van der Waals surface area contributed by atoms with E-state index >= 15 is 0 Å². The van der Waals surface area contributed by atoms with Gasteiger partial charge in [0, 0.05) is 0 Å². The lowest BCUT2D eigenvalue weighted by atomic mass is 9.93. The highest BCUT2D eigenvalue weighted by molar-refractivity contribution is 5.86. The van der Waals surface area contributed by atoms with Gasteiger partial charge in [-0.25, -0.2) is 0 Å². The summed E-state index contributed by atoms with van der Waals surface area (Å²) >= 11 is 0. The Hall–Kier alpha value is -2.64. The number of rotatable bonds is 12. The van der Waals surface area contributed by atoms with Crippen LogP contribution in [0.1, 0.15) is 88.2 Å². The van der Waals surface area contributed by atoms with Crippen LogP contribution in [0.25, 0.3) is 21.5 Å². The van der Waals surface area contributed by atoms with Crippen LogP contribution in [0.15, 0.2) is 84.9 Å². The SMILES string of the molecule is c1ccc2c(CCC3CCC(CCCCCC4CCC(CCc5cccc6ccccc56)O4)C3)cccc2c1. The summed E-state index contributed by atoms with van der Waals surface area (Å²) in [5.74, 6) is 1.91. The molecule has 6 rings (SSSR count). The molecule has 4 atom stereocenters. The standard InChI is InChI=1S/C38H46O/c1(2-10-29-20-21-30(28-29)22-23-33-15-8-13-31-11-4-6-18-37(31)33)3-17-35-26-27-36(39-35)25-24-34-16-9-14-32-12-5-7-19-38(32)34/h4-9,11-16,18-19,29-30,35-36H,1-3,10,17,20-28H2. The van der Waals surface area contributed by atoms with Crippen LogP contribution in [0.4, 0.5) is 0 Å². The minimum Gasteiger partial charge on any atom is -0.375 e. The van der Waals surface area contributed by atoms with Crippen molar-refractivity contribution in [2.24, 2.45) is 11.8 Å². The highest BCUT2D eigenvalue weighted by Crippen LogP contribution is 2.37. The van der Waals surface area contributed by atoms with Crippen molar-refractivity contribution < 1.29 is 4.74 Å². The van der Waals surface area contributed by atoms with E-state index in [0.717, 1.165) is 24.7 Å². The van der Waals surface area contributed by atoms with Crippen molar-refractivity contribution in [3.63, 3.8) is 0 Å². The topological polar surface area (TPSA) is 9.23 Å². The minimum absolute atomic E-state index is 0.457. The fourth-order valence-electron chi connectivity index (χ4n) is 7.59. The Morgan fingerprint density at radius 1 is 0.487 bits per heavy atom. The molecule has 4 aromatic rings. The molecule has 1 heteroatoms. The summed E-state index contributed by atoms with van der Waals surface area (Å²) in [6.45, 7) is 0. The average molecular weight is 519 g/mol. The van der Waals surface area contributed by atoms with Crippen molar-refractivity contribution in [1.82, 2.24) is 0 Å². The van der Waals surface area contributed by atoms with E-state index in [9.17, 15) is 0 Å². The van der Waals surface area contributed by atoms with Crippen LogP contribution in [0, 0.1) is 11.8 Å². The van der Waals surface area contributed by atoms with Gasteiger partial charge < -0.3 is 4.74 Å². The Labute approximate surface area is 236 Å². The lowest BCUT2D eigenvalue weighted by Gasteiger charge is -2.15. The fourth-order valence-corrected chi connectivity index (χ4v) is 7.59. The zero-order valence-electron chi connectivity index (χ0n) is 23.7. The molecule has 4 aromatic carbocycles. The molecule has 39 heavy (non-hydrogen) atoms. The number of unbranched alkanes of at least 4 members (excludes halogenated alkanes) is 2. The molecule has 0 aromatic heterocycles. The van der Waals surface area contributed by atoms with Gasteiger partial charge in [-0.15, -0.1) is 0 Å². The van der Waals surface area contributed by atoms with Gasteiger partial charge >= 0.3 is 0 Å². The number of ether oxygens (including phenoxy) is 1. The first-order chi connectivity index (χ1) is 19.3. The van der Waals surface area contributed by atoms with Crippen LogP contribution < -0.4 is 0 Å². The van der Waals surface area contributed by atoms with Gasteiger partial charge in [-0.1, -0.05) is 123 Å². The van der Waals surface area contributed by atoms with Crippen molar-refractivity contribution in [1.29, 1.82) is 0 Å². The molecule has 1 nitrogen and oxygen atoms in total. The maximum atomic E-state index is 6.48. The average Bonchev–Trinajstić information content (AvgIpc) is 3.64. The van der Waals surface area contributed by atoms with Gasteiger partial charge in [0.25, 0.3) is 0 Å². The predicted octanol–water partition coefficient (Wildman–Crippen LogP) is 10.5. The second kappa shape index (κ2) is 13.1. The Kier molecular flexibility index (Phi) is 8.96. The van der Waals surface area contributed by atoms with Gasteiger partial charge in [-0.3, -0.25) is 0 Å². The molecule has 204 valence electrons. The van der Waals surface area contributed by atoms with Crippen LogP contribution in [-0.4, -0.2) is 12.2 Å². The molecule has 1 aliphatic carbocycles. The van der Waals surface area contributed by atoms with Crippen molar-refractivity contribution in [2.75, 3.05) is 0 Å². The highest BCUT2D eigenvalue weighted by atomic mass is 16.5. The maximum Gasteiger partial charge on any atom is 0.0583 e. The molecular weight excluding hydrogens is 472 g/mol. The summed E-state index contributed by atoms with van der Waals surface area (Å²) in [6.07, 6.45) is 19.6. The van der Waals surface area contributed by atoms with Gasteiger partial charge in [0.1, 0.15) is 0 Å². The Bertz CT molecular complexity index is 1230. The summed E-state index contributed by atoms with van der Waals surface area (Å²) in [7, 11) is 0. The summed E-state index contributed by atoms with van der Waals surface area (Å²) in [5, 5.41) is 5.61. The molecule has 0 radical (unpaired) electrons. The number of hydrogen-bond donors (Lipinski definition) is 0. The molecule has 0 amide bonds. The first-order valence-corrected chi connectivity index (χ1v) is 15.9. The van der Waals surface area contributed by atoms with E-state index in [1.807, 2.05) is 0 Å². The highest BCUT2D eigenvalue weighted by Gasteiger charge is 2.26. The Morgan fingerprint density at radius 2 is 1.03 bits per heavy atom. The lowest BCUT2D eigenvalue weighted by molar-refractivity contribution is 0.0350. The van der Waals surface area contributed by atoms with Gasteiger partial charge in [-0.2, -0.15) is 0 Å². The van der Waals surface area contributed by atoms with Crippen LogP contribution >= 0.6 is 0 Å². The summed E-state index contributed by atoms with van der Waals surface area (Å²) in [6, 6.07) is 31.2. The minimum atomic E-state index is 0.457. The second-order valence-corrected chi connectivity index (χ2v) is 12.5. The van der Waals surface area contributed by atoms with Gasteiger partial charge in [0.2, 0.25) is 0 Å². The number of benzene rings is 4. The molecule has 0 N–H and O–H groups in total. The smallest absolute Gasteiger partial charge is 0.0583 e. The third kappa shape index (κ3) is 6.93. The molecule has 1 aliphatic heterocycles. The van der Waals surface area contributed by atoms with Crippen molar-refractivity contribution >= 4 is 21.5 Å². The van der Waals surface area contributed by atoms with Crippen molar-refractivity contribution in [3.8, 4) is 0 Å². The van der Waals surface area contributed by atoms with Crippen LogP contribution in [0.2, 0.25) is 0 Å². The van der Waals surface area contributed by atoms with E-state index in [2.05, 4.69) is 84.9 Å². The van der Waals surface area contributed by atoms with Crippen molar-refractivity contribution in [3.05, 3.63) is 96.1 Å². The molecule has 1 heterocycles. The molecule has 2 fully saturated rings. The monoisotopic (exact) mass is 518 g/mol. The maximum absolute atomic E-state index is 6.48. The molecule has 1 saturated carbocycles. The van der Waals surface area contributed by atoms with Crippen LogP contribution in [-0.2, 0) is 17.6 Å². The largest absolute Gasteiger partial charge is 0.375 e. The Balaban J connectivity index is 0.844. The normalized spacial score (nSPS) is 23.2. The zero-order valence-corrected chi connectivity index (χ0v) is 23.7. The molecule has 1 saturated heterocycles. The quantitative estimate of drug-likeness (QED) is 0.169.